The Morgan fingerprint density at radius 1 is 1.03 bits per heavy atom. The van der Waals surface area contributed by atoms with Crippen molar-refractivity contribution in [3.8, 4) is 11.4 Å². The van der Waals surface area contributed by atoms with E-state index in [0.717, 1.165) is 36.3 Å². The third kappa shape index (κ3) is 4.97. The first-order valence-corrected chi connectivity index (χ1v) is 13.3. The maximum Gasteiger partial charge on any atom is 0.243 e. The number of sulfonamides is 1. The molecule has 184 valence electrons. The molecule has 3 aromatic heterocycles. The monoisotopic (exact) mass is 496 g/mol. The molecule has 10 nitrogen and oxygen atoms in total. The number of pyridine rings is 1. The number of aryl methyl sites for hydroxylation is 3. The Hall–Kier alpha value is -3.15. The van der Waals surface area contributed by atoms with Crippen molar-refractivity contribution in [3.05, 3.63) is 54.4 Å². The summed E-state index contributed by atoms with van der Waals surface area (Å²) in [6.45, 7) is 4.50. The zero-order chi connectivity index (χ0) is 24.3. The number of fused-ring (bicyclic) bond motifs is 1. The molecule has 0 radical (unpaired) electrons. The van der Waals surface area contributed by atoms with Crippen molar-refractivity contribution in [1.29, 1.82) is 0 Å². The zero-order valence-electron chi connectivity index (χ0n) is 19.6. The van der Waals surface area contributed by atoms with E-state index in [1.165, 1.54) is 4.31 Å². The van der Waals surface area contributed by atoms with Gasteiger partial charge in [0.2, 0.25) is 21.7 Å². The van der Waals surface area contributed by atoms with E-state index in [9.17, 15) is 8.42 Å². The number of nitrogens with zero attached hydrogens (tertiary/aromatic N) is 6. The van der Waals surface area contributed by atoms with Gasteiger partial charge in [-0.15, -0.1) is 0 Å². The molecule has 5 rings (SSSR count). The summed E-state index contributed by atoms with van der Waals surface area (Å²) < 4.78 is 40.7. The van der Waals surface area contributed by atoms with Gasteiger partial charge in [-0.1, -0.05) is 18.5 Å². The van der Waals surface area contributed by atoms with Gasteiger partial charge in [-0.25, -0.2) is 13.4 Å². The minimum atomic E-state index is -3.59. The van der Waals surface area contributed by atoms with E-state index in [1.54, 1.807) is 24.5 Å². The second-order valence-corrected chi connectivity index (χ2v) is 10.4. The summed E-state index contributed by atoms with van der Waals surface area (Å²) in [7, 11) is -3.59. The summed E-state index contributed by atoms with van der Waals surface area (Å²) in [5, 5.41) is 4.08. The van der Waals surface area contributed by atoms with Crippen LogP contribution in [-0.2, 0) is 34.1 Å². The highest BCUT2D eigenvalue weighted by molar-refractivity contribution is 7.89. The molecule has 1 aliphatic heterocycles. The van der Waals surface area contributed by atoms with E-state index in [-0.39, 0.29) is 4.90 Å². The summed E-state index contributed by atoms with van der Waals surface area (Å²) in [4.78, 5) is 13.6. The Morgan fingerprint density at radius 2 is 1.83 bits per heavy atom. The molecule has 0 N–H and O–H groups in total. The molecule has 0 saturated carbocycles. The molecular formula is C24H28N6O4S. The topological polar surface area (TPSA) is 116 Å². The van der Waals surface area contributed by atoms with Crippen LogP contribution in [0, 0.1) is 0 Å². The number of benzene rings is 1. The van der Waals surface area contributed by atoms with E-state index in [1.807, 2.05) is 18.2 Å². The van der Waals surface area contributed by atoms with Crippen LogP contribution in [0.5, 0.6) is 0 Å². The van der Waals surface area contributed by atoms with Crippen LogP contribution >= 0.6 is 0 Å². The lowest BCUT2D eigenvalue weighted by molar-refractivity contribution is 0.0730. The van der Waals surface area contributed by atoms with E-state index in [0.29, 0.717) is 56.4 Å². The fourth-order valence-corrected chi connectivity index (χ4v) is 5.63. The van der Waals surface area contributed by atoms with Crippen molar-refractivity contribution in [3.63, 3.8) is 0 Å². The van der Waals surface area contributed by atoms with Crippen molar-refractivity contribution in [2.45, 2.75) is 44.0 Å². The lowest BCUT2D eigenvalue weighted by Gasteiger charge is -2.26. The van der Waals surface area contributed by atoms with Gasteiger partial charge in [0.25, 0.3) is 0 Å². The highest BCUT2D eigenvalue weighted by Crippen LogP contribution is 2.25. The number of rotatable bonds is 9. The maximum atomic E-state index is 13.1. The highest BCUT2D eigenvalue weighted by atomic mass is 32.2. The standard InChI is InChI=1S/C24H28N6O4S/c1-2-3-12-30-21-5-4-19(35(31,32)29-13-15-33-16-14-29)17-20(21)26-22(30)6-7-23-27-24(28-34-23)18-8-10-25-11-9-18/h4-5,8-11,17H,2-3,6-7,12-16H2,1H3. The molecule has 0 spiro atoms. The summed E-state index contributed by atoms with van der Waals surface area (Å²) in [6.07, 6.45) is 6.55. The Labute approximate surface area is 204 Å². The molecule has 0 amide bonds. The van der Waals surface area contributed by atoms with Gasteiger partial charge in [0, 0.05) is 50.4 Å². The van der Waals surface area contributed by atoms with E-state index in [2.05, 4.69) is 26.6 Å². The number of aromatic nitrogens is 5. The van der Waals surface area contributed by atoms with Crippen LogP contribution in [0.15, 0.2) is 52.1 Å². The SMILES string of the molecule is CCCCn1c(CCc2nc(-c3ccncc3)no2)nc2cc(S(=O)(=O)N3CCOCC3)ccc21. The number of imidazole rings is 1. The van der Waals surface area contributed by atoms with Crippen molar-refractivity contribution in [2.75, 3.05) is 26.3 Å². The minimum absolute atomic E-state index is 0.262. The summed E-state index contributed by atoms with van der Waals surface area (Å²) in [5.41, 5.74) is 2.45. The fraction of sp³-hybridized carbons (Fsp3) is 0.417. The molecule has 1 aliphatic rings. The normalized spacial score (nSPS) is 15.1. The van der Waals surface area contributed by atoms with E-state index in [4.69, 9.17) is 14.2 Å². The lowest BCUT2D eigenvalue weighted by atomic mass is 10.2. The number of ether oxygens (including phenoxy) is 1. The summed E-state index contributed by atoms with van der Waals surface area (Å²) >= 11 is 0. The van der Waals surface area contributed by atoms with Gasteiger partial charge in [-0.05, 0) is 36.8 Å². The second kappa shape index (κ2) is 10.2. The first kappa shape index (κ1) is 23.6. The second-order valence-electron chi connectivity index (χ2n) is 8.45. The van der Waals surface area contributed by atoms with Crippen molar-refractivity contribution in [2.24, 2.45) is 0 Å². The first-order chi connectivity index (χ1) is 17.1. The van der Waals surface area contributed by atoms with Gasteiger partial charge < -0.3 is 13.8 Å². The Kier molecular flexibility index (Phi) is 6.89. The molecule has 0 bridgehead atoms. The van der Waals surface area contributed by atoms with Gasteiger partial charge in [0.15, 0.2) is 0 Å². The Balaban J connectivity index is 1.40. The summed E-state index contributed by atoms with van der Waals surface area (Å²) in [6, 6.07) is 8.89. The average Bonchev–Trinajstić information content (AvgIpc) is 3.51. The van der Waals surface area contributed by atoms with Gasteiger partial charge in [-0.2, -0.15) is 9.29 Å². The zero-order valence-corrected chi connectivity index (χ0v) is 20.4. The third-order valence-electron chi connectivity index (χ3n) is 6.11. The Morgan fingerprint density at radius 3 is 2.60 bits per heavy atom. The molecule has 0 atom stereocenters. The first-order valence-electron chi connectivity index (χ1n) is 11.9. The summed E-state index contributed by atoms with van der Waals surface area (Å²) in [5.74, 6) is 1.93. The predicted octanol–water partition coefficient (Wildman–Crippen LogP) is 3.09. The van der Waals surface area contributed by atoms with Crippen LogP contribution in [0.1, 0.15) is 31.5 Å². The molecule has 35 heavy (non-hydrogen) atoms. The van der Waals surface area contributed by atoms with Gasteiger partial charge >= 0.3 is 0 Å². The molecule has 4 aromatic rings. The fourth-order valence-electron chi connectivity index (χ4n) is 4.21. The third-order valence-corrected chi connectivity index (χ3v) is 8.01. The quantitative estimate of drug-likeness (QED) is 0.347. The molecule has 11 heteroatoms. The smallest absolute Gasteiger partial charge is 0.243 e. The van der Waals surface area contributed by atoms with Crippen molar-refractivity contribution < 1.29 is 17.7 Å². The Bertz CT molecular complexity index is 1390. The molecule has 0 aliphatic carbocycles. The van der Waals surface area contributed by atoms with Crippen LogP contribution in [0.3, 0.4) is 0 Å². The predicted molar refractivity (Wildman–Crippen MR) is 129 cm³/mol. The molecule has 0 unspecified atom stereocenters. The lowest BCUT2D eigenvalue weighted by Crippen LogP contribution is -2.40. The van der Waals surface area contributed by atoms with Crippen LogP contribution < -0.4 is 0 Å². The van der Waals surface area contributed by atoms with Gasteiger partial charge in [-0.3, -0.25) is 4.98 Å². The highest BCUT2D eigenvalue weighted by Gasteiger charge is 2.27. The van der Waals surface area contributed by atoms with Crippen LogP contribution in [0.4, 0.5) is 0 Å². The molecule has 1 saturated heterocycles. The maximum absolute atomic E-state index is 13.1. The number of hydrogen-bond donors (Lipinski definition) is 0. The molecule has 1 fully saturated rings. The van der Waals surface area contributed by atoms with Gasteiger partial charge in [0.1, 0.15) is 5.82 Å². The number of morpholine rings is 1. The van der Waals surface area contributed by atoms with Crippen LogP contribution in [-0.4, -0.2) is 63.7 Å². The number of hydrogen-bond acceptors (Lipinski definition) is 8. The molecule has 4 heterocycles. The molecule has 1 aromatic carbocycles. The largest absolute Gasteiger partial charge is 0.379 e. The minimum Gasteiger partial charge on any atom is -0.379 e. The van der Waals surface area contributed by atoms with E-state index >= 15 is 0 Å². The van der Waals surface area contributed by atoms with Crippen LogP contribution in [0.2, 0.25) is 0 Å². The van der Waals surface area contributed by atoms with Crippen molar-refractivity contribution in [1.82, 2.24) is 29.0 Å². The number of unbranched alkanes of at least 4 members (excludes halogenated alkanes) is 1. The average molecular weight is 497 g/mol. The van der Waals surface area contributed by atoms with E-state index < -0.39 is 10.0 Å². The van der Waals surface area contributed by atoms with Gasteiger partial charge in [0.05, 0.1) is 29.1 Å². The van der Waals surface area contributed by atoms with Crippen molar-refractivity contribution >= 4 is 21.1 Å². The van der Waals surface area contributed by atoms with Crippen LogP contribution in [0.25, 0.3) is 22.4 Å². The molecular weight excluding hydrogens is 468 g/mol.